The van der Waals surface area contributed by atoms with E-state index in [-0.39, 0.29) is 23.5 Å². The van der Waals surface area contributed by atoms with Crippen molar-refractivity contribution >= 4 is 51.9 Å². The van der Waals surface area contributed by atoms with E-state index in [0.717, 1.165) is 56.5 Å². The predicted molar refractivity (Wildman–Crippen MR) is 125 cm³/mol. The number of fused-ring (bicyclic) bond motifs is 3. The maximum absolute atomic E-state index is 13.0. The van der Waals surface area contributed by atoms with Crippen LogP contribution in [0.3, 0.4) is 0 Å². The lowest BCUT2D eigenvalue weighted by Crippen LogP contribution is -2.35. The number of hydrogen-bond acceptors (Lipinski definition) is 6. The van der Waals surface area contributed by atoms with Crippen molar-refractivity contribution in [2.75, 3.05) is 26.2 Å². The fraction of sp³-hybridized carbons (Fsp3) is 0.455. The van der Waals surface area contributed by atoms with Gasteiger partial charge in [0.25, 0.3) is 17.4 Å². The summed E-state index contributed by atoms with van der Waals surface area (Å²) in [6.45, 7) is 2.62. The molecule has 2 aliphatic heterocycles. The molecule has 4 heterocycles. The Kier molecular flexibility index (Phi) is 5.83. The number of piperidine rings is 1. The Morgan fingerprint density at radius 1 is 1.22 bits per heavy atom. The summed E-state index contributed by atoms with van der Waals surface area (Å²) >= 11 is 6.69. The number of carbonyl (C=O) groups excluding carboxylic acids is 2. The monoisotopic (exact) mass is 472 g/mol. The molecule has 1 aromatic carbocycles. The lowest BCUT2D eigenvalue weighted by Gasteiger charge is -2.26. The Balaban J connectivity index is 1.54. The minimum absolute atomic E-state index is 0.0176. The Bertz CT molecular complexity index is 1310. The number of amides is 2. The molecule has 10 heteroatoms. The number of thiazole rings is 1. The molecule has 0 aliphatic carbocycles. The quantitative estimate of drug-likeness (QED) is 0.569. The molecule has 5 rings (SSSR count). The Morgan fingerprint density at radius 2 is 2.03 bits per heavy atom. The molecular formula is C22H24N4O4S2. The van der Waals surface area contributed by atoms with Crippen LogP contribution in [0.25, 0.3) is 16.6 Å². The average Bonchev–Trinajstić information content (AvgIpc) is 3.45. The fourth-order valence-corrected chi connectivity index (χ4v) is 5.75. The van der Waals surface area contributed by atoms with E-state index >= 15 is 0 Å². The first-order chi connectivity index (χ1) is 15.5. The molecular weight excluding hydrogens is 448 g/mol. The number of aromatic amines is 1. The van der Waals surface area contributed by atoms with Crippen molar-refractivity contribution < 1.29 is 14.3 Å². The molecule has 32 heavy (non-hydrogen) atoms. The van der Waals surface area contributed by atoms with Gasteiger partial charge in [-0.2, -0.15) is 0 Å². The van der Waals surface area contributed by atoms with Gasteiger partial charge in [0.05, 0.1) is 17.0 Å². The molecule has 0 bridgehead atoms. The summed E-state index contributed by atoms with van der Waals surface area (Å²) in [6, 6.07) is 5.05. The van der Waals surface area contributed by atoms with Crippen LogP contribution in [0.5, 0.6) is 0 Å². The predicted octanol–water partition coefficient (Wildman–Crippen LogP) is 3.11. The summed E-state index contributed by atoms with van der Waals surface area (Å²) in [6.07, 6.45) is 5.07. The van der Waals surface area contributed by atoms with E-state index in [4.69, 9.17) is 17.0 Å². The number of rotatable bonds is 4. The van der Waals surface area contributed by atoms with Gasteiger partial charge in [-0.1, -0.05) is 11.3 Å². The minimum Gasteiger partial charge on any atom is -0.376 e. The first kappa shape index (κ1) is 21.3. The lowest BCUT2D eigenvalue weighted by molar-refractivity contribution is 0.0724. The third-order valence-corrected chi connectivity index (χ3v) is 7.51. The highest BCUT2D eigenvalue weighted by molar-refractivity contribution is 7.73. The van der Waals surface area contributed by atoms with Crippen LogP contribution in [-0.2, 0) is 4.74 Å². The summed E-state index contributed by atoms with van der Waals surface area (Å²) in [7, 11) is 0. The highest BCUT2D eigenvalue weighted by Gasteiger charge is 2.23. The Hall–Kier alpha value is -2.56. The molecule has 168 valence electrons. The van der Waals surface area contributed by atoms with Crippen LogP contribution < -0.4 is 10.9 Å². The number of benzene rings is 1. The van der Waals surface area contributed by atoms with Gasteiger partial charge in [0.1, 0.15) is 10.5 Å². The zero-order valence-electron chi connectivity index (χ0n) is 17.5. The van der Waals surface area contributed by atoms with Crippen molar-refractivity contribution in [2.24, 2.45) is 0 Å². The topological polar surface area (TPSA) is 95.9 Å². The molecule has 0 radical (unpaired) electrons. The highest BCUT2D eigenvalue weighted by atomic mass is 32.1. The van der Waals surface area contributed by atoms with Crippen molar-refractivity contribution in [1.29, 1.82) is 0 Å². The summed E-state index contributed by atoms with van der Waals surface area (Å²) in [5.74, 6) is -0.342. The molecule has 0 saturated carbocycles. The maximum atomic E-state index is 13.0. The van der Waals surface area contributed by atoms with Crippen molar-refractivity contribution in [1.82, 2.24) is 19.6 Å². The summed E-state index contributed by atoms with van der Waals surface area (Å²) in [5.41, 5.74) is 1.08. The van der Waals surface area contributed by atoms with Crippen LogP contribution in [0.2, 0.25) is 0 Å². The average molecular weight is 473 g/mol. The summed E-state index contributed by atoms with van der Waals surface area (Å²) in [4.78, 5) is 43.7. The van der Waals surface area contributed by atoms with Gasteiger partial charge in [0.15, 0.2) is 3.95 Å². The Morgan fingerprint density at radius 3 is 2.78 bits per heavy atom. The van der Waals surface area contributed by atoms with Gasteiger partial charge in [0, 0.05) is 31.8 Å². The minimum atomic E-state index is -0.321. The number of ether oxygens (including phenoxy) is 1. The number of nitrogens with zero attached hydrogens (tertiary/aromatic N) is 2. The molecule has 2 aromatic heterocycles. The molecule has 2 amide bonds. The van der Waals surface area contributed by atoms with E-state index < -0.39 is 0 Å². The first-order valence-electron chi connectivity index (χ1n) is 10.9. The van der Waals surface area contributed by atoms with Crippen molar-refractivity contribution in [2.45, 2.75) is 38.2 Å². The van der Waals surface area contributed by atoms with Crippen molar-refractivity contribution in [3.8, 4) is 0 Å². The van der Waals surface area contributed by atoms with Crippen LogP contribution in [0, 0.1) is 3.95 Å². The van der Waals surface area contributed by atoms with Gasteiger partial charge < -0.3 is 19.9 Å². The smallest absolute Gasteiger partial charge is 0.265 e. The van der Waals surface area contributed by atoms with Crippen LogP contribution in [-0.4, -0.2) is 58.4 Å². The summed E-state index contributed by atoms with van der Waals surface area (Å²) in [5, 5.41) is 3.31. The molecule has 3 aromatic rings. The van der Waals surface area contributed by atoms with E-state index in [0.29, 0.717) is 44.1 Å². The summed E-state index contributed by atoms with van der Waals surface area (Å²) < 4.78 is 7.68. The molecule has 2 N–H and O–H groups in total. The number of carbonyl (C=O) groups is 2. The van der Waals surface area contributed by atoms with Gasteiger partial charge in [-0.15, -0.1) is 0 Å². The first-order valence-corrected chi connectivity index (χ1v) is 12.2. The number of nitrogens with one attached hydrogen (secondary N) is 2. The van der Waals surface area contributed by atoms with Crippen LogP contribution in [0.1, 0.15) is 52.1 Å². The van der Waals surface area contributed by atoms with Crippen LogP contribution in [0.4, 0.5) is 0 Å². The van der Waals surface area contributed by atoms with E-state index in [1.54, 1.807) is 22.6 Å². The third kappa shape index (κ3) is 3.87. The lowest BCUT2D eigenvalue weighted by atomic mass is 10.1. The van der Waals surface area contributed by atoms with Gasteiger partial charge in [-0.05, 0) is 62.5 Å². The normalized spacial score (nSPS) is 19.0. The van der Waals surface area contributed by atoms with Crippen LogP contribution in [0.15, 0.2) is 23.0 Å². The standard InChI is InChI=1S/C22H24N4O4S2/c27-19-15-7-6-13(21(29)25-8-2-1-3-9-25)11-16(15)26-18(24-19)17(32-22(26)31)20(28)23-12-14-5-4-10-30-14/h6-7,11,14H,1-5,8-10,12H2,(H,23,28)(H,24,27)/t14-/m1/s1. The van der Waals surface area contributed by atoms with E-state index in [1.807, 2.05) is 4.90 Å². The number of likely N-dealkylation sites (tertiary alicyclic amines) is 1. The van der Waals surface area contributed by atoms with Gasteiger partial charge in [-0.25, -0.2) is 0 Å². The van der Waals surface area contributed by atoms with Crippen molar-refractivity contribution in [3.63, 3.8) is 0 Å². The second kappa shape index (κ2) is 8.76. The van der Waals surface area contributed by atoms with E-state index in [2.05, 4.69) is 10.3 Å². The molecule has 2 fully saturated rings. The zero-order chi connectivity index (χ0) is 22.2. The largest absolute Gasteiger partial charge is 0.376 e. The van der Waals surface area contributed by atoms with Gasteiger partial charge in [-0.3, -0.25) is 18.8 Å². The van der Waals surface area contributed by atoms with Gasteiger partial charge >= 0.3 is 0 Å². The number of H-pyrrole nitrogens is 1. The van der Waals surface area contributed by atoms with Crippen molar-refractivity contribution in [3.05, 3.63) is 42.9 Å². The number of hydrogen-bond donors (Lipinski definition) is 2. The van der Waals surface area contributed by atoms with Gasteiger partial charge in [0.2, 0.25) is 0 Å². The highest BCUT2D eigenvalue weighted by Crippen LogP contribution is 2.24. The molecule has 1 atom stereocenters. The van der Waals surface area contributed by atoms with Crippen LogP contribution >= 0.6 is 23.6 Å². The fourth-order valence-electron chi connectivity index (χ4n) is 4.45. The molecule has 0 unspecified atom stereocenters. The van der Waals surface area contributed by atoms with E-state index in [9.17, 15) is 14.4 Å². The second-order valence-electron chi connectivity index (χ2n) is 8.27. The number of aromatic nitrogens is 2. The third-order valence-electron chi connectivity index (χ3n) is 6.14. The molecule has 2 aliphatic rings. The van der Waals surface area contributed by atoms with E-state index in [1.165, 1.54) is 0 Å². The SMILES string of the molecule is O=C(NC[C@H]1CCCO1)c1sc(=S)n2c1[nH]c(=O)c1ccc(C(=O)N3CCCCC3)cc12. The maximum Gasteiger partial charge on any atom is 0.265 e. The Labute approximate surface area is 193 Å². The molecule has 2 saturated heterocycles. The molecule has 8 nitrogen and oxygen atoms in total. The zero-order valence-corrected chi connectivity index (χ0v) is 19.2. The second-order valence-corrected chi connectivity index (χ2v) is 9.91. The molecule has 0 spiro atoms.